The molecule has 0 fully saturated rings. The van der Waals surface area contributed by atoms with Crippen LogP contribution in [0.25, 0.3) is 55.4 Å². The number of amidine groups is 1. The summed E-state index contributed by atoms with van der Waals surface area (Å²) in [5, 5.41) is 19.3. The summed E-state index contributed by atoms with van der Waals surface area (Å²) in [6.07, 6.45) is 17.7. The molecule has 0 spiro atoms. The molecular formula is C82H66ClN13. The number of hydrogen-bond donors (Lipinski definition) is 4. The van der Waals surface area contributed by atoms with E-state index >= 15 is 0 Å². The zero-order valence-electron chi connectivity index (χ0n) is 52.8. The van der Waals surface area contributed by atoms with E-state index in [1.807, 2.05) is 115 Å². The molecule has 0 atom stereocenters. The lowest BCUT2D eigenvalue weighted by Gasteiger charge is -2.06. The lowest BCUT2D eigenvalue weighted by atomic mass is 10.0. The molecule has 96 heavy (non-hydrogen) atoms. The fourth-order valence-corrected chi connectivity index (χ4v) is 11.8. The van der Waals surface area contributed by atoms with Crippen LogP contribution in [0.4, 0.5) is 17.3 Å². The number of rotatable bonds is 6. The molecule has 0 aliphatic carbocycles. The average Bonchev–Trinajstić information content (AvgIpc) is 1.11. The number of nitrogens with two attached hydrogens (primary N) is 3. The van der Waals surface area contributed by atoms with Gasteiger partial charge in [-0.2, -0.15) is 5.10 Å². The van der Waals surface area contributed by atoms with Crippen LogP contribution < -0.4 is 22.5 Å². The minimum Gasteiger partial charge on any atom is -0.397 e. The van der Waals surface area contributed by atoms with E-state index in [-0.39, 0.29) is 0 Å². The molecule has 4 aliphatic rings. The summed E-state index contributed by atoms with van der Waals surface area (Å²) >= 11 is 6.14. The Balaban J connectivity index is 0.000000116. The zero-order valence-corrected chi connectivity index (χ0v) is 53.5. The maximum atomic E-state index is 6.14. The molecule has 0 amide bonds. The van der Waals surface area contributed by atoms with Crippen LogP contribution >= 0.6 is 11.6 Å². The Bertz CT molecular complexity index is 5060. The molecule has 16 rings (SSSR count). The molecule has 12 aromatic rings. The normalized spacial score (nSPS) is 13.6. The molecule has 4 aromatic heterocycles. The largest absolute Gasteiger partial charge is 0.397 e. The number of aliphatic imine (C=N–C) groups is 4. The Labute approximate surface area is 563 Å². The van der Waals surface area contributed by atoms with Crippen LogP contribution in [0, 0.1) is 35.5 Å². The lowest BCUT2D eigenvalue weighted by molar-refractivity contribution is 0.951. The van der Waals surface area contributed by atoms with Crippen molar-refractivity contribution in [1.82, 2.24) is 30.5 Å². The van der Waals surface area contributed by atoms with Gasteiger partial charge in [-0.1, -0.05) is 163 Å². The topological polar surface area (TPSA) is 204 Å². The van der Waals surface area contributed by atoms with Gasteiger partial charge in [0.2, 0.25) is 0 Å². The van der Waals surface area contributed by atoms with Crippen LogP contribution in [0.5, 0.6) is 0 Å². The van der Waals surface area contributed by atoms with Gasteiger partial charge in [-0.05, 0) is 151 Å². The Morgan fingerprint density at radius 3 is 1.60 bits per heavy atom. The van der Waals surface area contributed by atoms with Crippen LogP contribution in [-0.4, -0.2) is 80.8 Å². The molecule has 8 aromatic carbocycles. The van der Waals surface area contributed by atoms with Gasteiger partial charge in [-0.3, -0.25) is 25.0 Å². The van der Waals surface area contributed by atoms with Crippen molar-refractivity contribution in [2.75, 3.05) is 49.9 Å². The van der Waals surface area contributed by atoms with Gasteiger partial charge in [-0.15, -0.1) is 5.10 Å². The maximum Gasteiger partial charge on any atom is 0.144 e. The third-order valence-corrected chi connectivity index (χ3v) is 16.8. The monoisotopic (exact) mass is 1270 g/mol. The number of halogens is 1. The number of hydrogen-bond acceptors (Lipinski definition) is 13. The van der Waals surface area contributed by atoms with E-state index in [2.05, 4.69) is 171 Å². The van der Waals surface area contributed by atoms with E-state index in [9.17, 15) is 0 Å². The second kappa shape index (κ2) is 30.1. The number of aromatic nitrogens is 5. The molecule has 7 N–H and O–H groups in total. The van der Waals surface area contributed by atoms with E-state index in [1.165, 1.54) is 33.8 Å². The molecular weight excluding hydrogens is 1200 g/mol. The third kappa shape index (κ3) is 15.7. The van der Waals surface area contributed by atoms with Crippen LogP contribution in [0.2, 0.25) is 5.02 Å². The highest BCUT2D eigenvalue weighted by molar-refractivity contribution is 6.31. The first-order valence-electron chi connectivity index (χ1n) is 32.1. The molecule has 4 aliphatic heterocycles. The van der Waals surface area contributed by atoms with E-state index in [4.69, 9.17) is 28.8 Å². The number of nitrogens with one attached hydrogen (secondary N) is 1. The van der Waals surface area contributed by atoms with Gasteiger partial charge in [0.05, 0.1) is 30.1 Å². The third-order valence-electron chi connectivity index (χ3n) is 16.6. The molecule has 466 valence electrons. The van der Waals surface area contributed by atoms with Crippen molar-refractivity contribution in [3.8, 4) is 35.5 Å². The number of anilines is 3. The van der Waals surface area contributed by atoms with Crippen molar-refractivity contribution in [3.63, 3.8) is 0 Å². The fourth-order valence-electron chi connectivity index (χ4n) is 11.6. The molecule has 0 saturated carbocycles. The van der Waals surface area contributed by atoms with Gasteiger partial charge < -0.3 is 22.5 Å². The summed E-state index contributed by atoms with van der Waals surface area (Å²) < 4.78 is 0. The van der Waals surface area contributed by atoms with Crippen LogP contribution in [-0.2, 0) is 0 Å². The van der Waals surface area contributed by atoms with Gasteiger partial charge in [0, 0.05) is 132 Å². The SMILES string of the molecule is C(#Cc1nncc2ccccc12)c1ccc(C2=NCCC2)cc1.Nc1cc2c(C#Cc3ccc(C4=NCCC4)cc3)cccc2cn1.Nc1cnc2cccc(C#Cc3ccc(C4=NCCC4)cc3)c2c1.Nc1ncc2ccc(Cl)cc2c1/C=C\c1ccc(C2=NCCN2)cc1. The van der Waals surface area contributed by atoms with Gasteiger partial charge in [-0.25, -0.2) is 9.97 Å². The fraction of sp³-hybridized carbons (Fsp3) is 0.134. The summed E-state index contributed by atoms with van der Waals surface area (Å²) in [4.78, 5) is 30.8. The van der Waals surface area contributed by atoms with E-state index in [0.717, 1.165) is 165 Å². The maximum absolute atomic E-state index is 6.14. The molecule has 0 bridgehead atoms. The van der Waals surface area contributed by atoms with Crippen molar-refractivity contribution >= 4 is 107 Å². The van der Waals surface area contributed by atoms with Crippen molar-refractivity contribution in [3.05, 3.63) is 285 Å². The van der Waals surface area contributed by atoms with E-state index in [1.54, 1.807) is 24.8 Å². The first-order chi connectivity index (χ1) is 47.2. The first-order valence-corrected chi connectivity index (χ1v) is 32.4. The van der Waals surface area contributed by atoms with Crippen molar-refractivity contribution < 1.29 is 0 Å². The summed E-state index contributed by atoms with van der Waals surface area (Å²) in [5.74, 6) is 21.3. The first kappa shape index (κ1) is 62.7. The standard InChI is InChI=1S/2C21H17N3.C20H17ClN4.C20H15N3/c22-18-13-19-16(3-1-4-21(19)24-14-18)9-6-15-7-10-17(11-8-15)20-5-2-12-23-20;22-21-13-19-16(3-1-4-18(19)14-24-21)9-6-15-7-10-17(11-8-15)20-5-2-12-23-20;21-16-7-6-15-12-25-19(22)17(18(15)11-16)8-3-13-1-4-14(5-2-13)20-23-9-10-24-20;1-2-5-18-17(4-1)14-22-23-20(18)12-9-15-7-10-16(11-8-15)19-6-3-13-21-19/h1,3-4,7-8,10-11,13-14H,2,5,12,22H2;1,3-4,7-8,10-11,13-14H,2,5,12H2,(H2,22,24);1-8,11-12H,9-10H2,(H2,22,25)(H,23,24);1-2,4-5,7-8,10-11,14H,3,6,13H2/b;;8-3-;. The number of benzene rings is 8. The van der Waals surface area contributed by atoms with Gasteiger partial charge in [0.15, 0.2) is 0 Å². The smallest absolute Gasteiger partial charge is 0.144 e. The van der Waals surface area contributed by atoms with Crippen molar-refractivity contribution in [2.24, 2.45) is 20.0 Å². The second-order valence-electron chi connectivity index (χ2n) is 23.2. The van der Waals surface area contributed by atoms with E-state index < -0.39 is 0 Å². The summed E-state index contributed by atoms with van der Waals surface area (Å²) in [6, 6.07) is 62.7. The Morgan fingerprint density at radius 1 is 0.427 bits per heavy atom. The minimum absolute atomic E-state index is 0.493. The highest BCUT2D eigenvalue weighted by atomic mass is 35.5. The minimum atomic E-state index is 0.493. The summed E-state index contributed by atoms with van der Waals surface area (Å²) in [6.45, 7) is 4.61. The second-order valence-corrected chi connectivity index (χ2v) is 23.7. The molecule has 14 heteroatoms. The van der Waals surface area contributed by atoms with Crippen LogP contribution in [0.15, 0.2) is 233 Å². The summed E-state index contributed by atoms with van der Waals surface area (Å²) in [7, 11) is 0. The Kier molecular flexibility index (Phi) is 19.7. The van der Waals surface area contributed by atoms with Gasteiger partial charge in [0.1, 0.15) is 23.2 Å². The zero-order chi connectivity index (χ0) is 65.4. The number of nitrogens with zero attached hydrogens (tertiary/aromatic N) is 9. The highest BCUT2D eigenvalue weighted by Crippen LogP contribution is 2.28. The molecule has 0 radical (unpaired) electrons. The molecule has 0 unspecified atom stereocenters. The van der Waals surface area contributed by atoms with Gasteiger partial charge in [0.25, 0.3) is 0 Å². The predicted molar refractivity (Wildman–Crippen MR) is 397 cm³/mol. The Morgan fingerprint density at radius 2 is 0.990 bits per heavy atom. The van der Waals surface area contributed by atoms with Crippen LogP contribution in [0.3, 0.4) is 0 Å². The van der Waals surface area contributed by atoms with Crippen molar-refractivity contribution in [1.29, 1.82) is 0 Å². The predicted octanol–water partition coefficient (Wildman–Crippen LogP) is 15.2. The average molecular weight is 1270 g/mol. The number of fused-ring (bicyclic) bond motifs is 4. The number of pyridine rings is 3. The summed E-state index contributed by atoms with van der Waals surface area (Å²) in [5.41, 5.74) is 35.2. The lowest BCUT2D eigenvalue weighted by Crippen LogP contribution is -2.19. The molecule has 0 saturated heterocycles. The molecule has 13 nitrogen and oxygen atoms in total. The van der Waals surface area contributed by atoms with Crippen LogP contribution in [0.1, 0.15) is 105 Å². The van der Waals surface area contributed by atoms with E-state index in [0.29, 0.717) is 28.0 Å². The highest BCUT2D eigenvalue weighted by Gasteiger charge is 2.13. The Hall–Kier alpha value is -12.1. The van der Waals surface area contributed by atoms with Gasteiger partial charge >= 0.3 is 0 Å². The quantitative estimate of drug-likeness (QED) is 0.117. The van der Waals surface area contributed by atoms with Crippen molar-refractivity contribution in [2.45, 2.75) is 38.5 Å². The molecule has 8 heterocycles. The number of nitrogen functional groups attached to an aromatic ring is 3.